The Morgan fingerprint density at radius 2 is 2.00 bits per heavy atom. The molecule has 0 spiro atoms. The Hall–Kier alpha value is -1.06. The van der Waals surface area contributed by atoms with Gasteiger partial charge in [0.05, 0.1) is 0 Å². The third kappa shape index (κ3) is 4.67. The molecule has 0 amide bonds. The number of esters is 2. The van der Waals surface area contributed by atoms with Crippen LogP contribution in [0.15, 0.2) is 0 Å². The third-order valence-corrected chi connectivity index (χ3v) is 3.63. The molecule has 0 aromatic carbocycles. The highest BCUT2D eigenvalue weighted by molar-refractivity contribution is 5.76. The average Bonchev–Trinajstić information content (AvgIpc) is 2.66. The minimum absolute atomic E-state index is 0.0976. The van der Waals surface area contributed by atoms with Gasteiger partial charge in [-0.3, -0.25) is 4.79 Å². The standard InChI is InChI=1S/C14H24O4/c1-5-12(15)17-9-13(16)18-10(2)11-6-7-14(3,4)8-11/h10-11H,5-9H2,1-4H3. The van der Waals surface area contributed by atoms with Gasteiger partial charge in [-0.15, -0.1) is 0 Å². The molecule has 1 aliphatic carbocycles. The molecule has 0 bridgehead atoms. The van der Waals surface area contributed by atoms with Crippen LogP contribution in [0.3, 0.4) is 0 Å². The number of hydrogen-bond donors (Lipinski definition) is 0. The van der Waals surface area contributed by atoms with Gasteiger partial charge >= 0.3 is 11.9 Å². The molecule has 0 aromatic heterocycles. The van der Waals surface area contributed by atoms with E-state index in [-0.39, 0.29) is 25.1 Å². The molecular formula is C14H24O4. The first-order valence-electron chi connectivity index (χ1n) is 6.69. The minimum Gasteiger partial charge on any atom is -0.460 e. The van der Waals surface area contributed by atoms with E-state index in [2.05, 4.69) is 13.8 Å². The zero-order chi connectivity index (χ0) is 13.8. The molecule has 0 saturated heterocycles. The Kier molecular flexibility index (Phi) is 5.17. The lowest BCUT2D eigenvalue weighted by atomic mass is 9.89. The maximum atomic E-state index is 11.5. The molecular weight excluding hydrogens is 232 g/mol. The van der Waals surface area contributed by atoms with Crippen LogP contribution in [0.25, 0.3) is 0 Å². The molecule has 0 aliphatic heterocycles. The van der Waals surface area contributed by atoms with Gasteiger partial charge in [-0.05, 0) is 37.5 Å². The van der Waals surface area contributed by atoms with E-state index in [1.165, 1.54) is 6.42 Å². The molecule has 0 aromatic rings. The number of carbonyl (C=O) groups is 2. The van der Waals surface area contributed by atoms with Crippen molar-refractivity contribution in [2.45, 2.75) is 59.5 Å². The van der Waals surface area contributed by atoms with E-state index < -0.39 is 5.97 Å². The van der Waals surface area contributed by atoms with Gasteiger partial charge in [0.1, 0.15) is 6.10 Å². The van der Waals surface area contributed by atoms with Gasteiger partial charge in [-0.2, -0.15) is 0 Å². The normalized spacial score (nSPS) is 23.4. The summed E-state index contributed by atoms with van der Waals surface area (Å²) in [7, 11) is 0. The monoisotopic (exact) mass is 256 g/mol. The van der Waals surface area contributed by atoms with Crippen LogP contribution in [0.5, 0.6) is 0 Å². The summed E-state index contributed by atoms with van der Waals surface area (Å²) in [6.45, 7) is 7.82. The topological polar surface area (TPSA) is 52.6 Å². The summed E-state index contributed by atoms with van der Waals surface area (Å²) >= 11 is 0. The lowest BCUT2D eigenvalue weighted by Crippen LogP contribution is -2.26. The quantitative estimate of drug-likeness (QED) is 0.710. The maximum Gasteiger partial charge on any atom is 0.344 e. The van der Waals surface area contributed by atoms with E-state index in [0.717, 1.165) is 12.8 Å². The predicted molar refractivity (Wildman–Crippen MR) is 67.9 cm³/mol. The molecule has 2 atom stereocenters. The highest BCUT2D eigenvalue weighted by atomic mass is 16.6. The predicted octanol–water partition coefficient (Wildman–Crippen LogP) is 2.70. The summed E-state index contributed by atoms with van der Waals surface area (Å²) in [4.78, 5) is 22.4. The van der Waals surface area contributed by atoms with Crippen molar-refractivity contribution in [3.05, 3.63) is 0 Å². The van der Waals surface area contributed by atoms with Crippen molar-refractivity contribution in [2.75, 3.05) is 6.61 Å². The molecule has 1 aliphatic rings. The summed E-state index contributed by atoms with van der Waals surface area (Å²) in [6.07, 6.45) is 3.52. The van der Waals surface area contributed by atoms with Gasteiger partial charge in [0.25, 0.3) is 0 Å². The molecule has 1 rings (SSSR count). The number of hydrogen-bond acceptors (Lipinski definition) is 4. The number of carbonyl (C=O) groups excluding carboxylic acids is 2. The van der Waals surface area contributed by atoms with Crippen molar-refractivity contribution in [1.82, 2.24) is 0 Å². The van der Waals surface area contributed by atoms with Gasteiger partial charge in [0.15, 0.2) is 6.61 Å². The molecule has 104 valence electrons. The van der Waals surface area contributed by atoms with Crippen molar-refractivity contribution in [3.63, 3.8) is 0 Å². The average molecular weight is 256 g/mol. The van der Waals surface area contributed by atoms with Gasteiger partial charge in [-0.1, -0.05) is 20.8 Å². The Morgan fingerprint density at radius 3 is 2.50 bits per heavy atom. The first kappa shape index (κ1) is 15.0. The minimum atomic E-state index is -0.450. The van der Waals surface area contributed by atoms with E-state index in [1.54, 1.807) is 6.92 Å². The van der Waals surface area contributed by atoms with Crippen LogP contribution in [0.1, 0.15) is 53.4 Å². The van der Waals surface area contributed by atoms with Gasteiger partial charge in [0, 0.05) is 6.42 Å². The van der Waals surface area contributed by atoms with Crippen LogP contribution in [-0.4, -0.2) is 24.6 Å². The van der Waals surface area contributed by atoms with Crippen LogP contribution in [0, 0.1) is 11.3 Å². The van der Waals surface area contributed by atoms with Crippen molar-refractivity contribution in [3.8, 4) is 0 Å². The molecule has 4 heteroatoms. The van der Waals surface area contributed by atoms with Crippen LogP contribution in [0.2, 0.25) is 0 Å². The van der Waals surface area contributed by atoms with E-state index in [1.807, 2.05) is 6.92 Å². The largest absolute Gasteiger partial charge is 0.460 e. The van der Waals surface area contributed by atoms with Crippen LogP contribution in [-0.2, 0) is 19.1 Å². The fourth-order valence-electron chi connectivity index (χ4n) is 2.47. The summed E-state index contributed by atoms with van der Waals surface area (Å²) in [6, 6.07) is 0. The van der Waals surface area contributed by atoms with Crippen LogP contribution < -0.4 is 0 Å². The second kappa shape index (κ2) is 6.21. The molecule has 1 fully saturated rings. The molecule has 2 unspecified atom stereocenters. The summed E-state index contributed by atoms with van der Waals surface area (Å²) in [5, 5.41) is 0. The van der Waals surface area contributed by atoms with Gasteiger partial charge in [-0.25, -0.2) is 4.79 Å². The molecule has 4 nitrogen and oxygen atoms in total. The van der Waals surface area contributed by atoms with E-state index in [4.69, 9.17) is 9.47 Å². The second-order valence-electron chi connectivity index (χ2n) is 5.88. The van der Waals surface area contributed by atoms with Crippen molar-refractivity contribution >= 4 is 11.9 Å². The van der Waals surface area contributed by atoms with E-state index in [9.17, 15) is 9.59 Å². The molecule has 0 radical (unpaired) electrons. The highest BCUT2D eigenvalue weighted by Crippen LogP contribution is 2.42. The van der Waals surface area contributed by atoms with Crippen LogP contribution >= 0.6 is 0 Å². The maximum absolute atomic E-state index is 11.5. The smallest absolute Gasteiger partial charge is 0.344 e. The van der Waals surface area contributed by atoms with Crippen molar-refractivity contribution in [1.29, 1.82) is 0 Å². The molecule has 1 saturated carbocycles. The van der Waals surface area contributed by atoms with E-state index >= 15 is 0 Å². The number of ether oxygens (including phenoxy) is 2. The first-order chi connectivity index (χ1) is 8.34. The van der Waals surface area contributed by atoms with Crippen molar-refractivity contribution < 1.29 is 19.1 Å². The third-order valence-electron chi connectivity index (χ3n) is 3.63. The zero-order valence-electron chi connectivity index (χ0n) is 11.8. The summed E-state index contributed by atoms with van der Waals surface area (Å²) < 4.78 is 10.1. The Balaban J connectivity index is 2.30. The van der Waals surface area contributed by atoms with E-state index in [0.29, 0.717) is 11.3 Å². The van der Waals surface area contributed by atoms with Crippen LogP contribution in [0.4, 0.5) is 0 Å². The summed E-state index contributed by atoms with van der Waals surface area (Å²) in [5.74, 6) is -0.401. The highest BCUT2D eigenvalue weighted by Gasteiger charge is 2.35. The summed E-state index contributed by atoms with van der Waals surface area (Å²) in [5.41, 5.74) is 0.347. The fourth-order valence-corrected chi connectivity index (χ4v) is 2.47. The zero-order valence-corrected chi connectivity index (χ0v) is 11.8. The van der Waals surface area contributed by atoms with Gasteiger partial charge < -0.3 is 9.47 Å². The lowest BCUT2D eigenvalue weighted by molar-refractivity contribution is -0.163. The molecule has 0 N–H and O–H groups in total. The van der Waals surface area contributed by atoms with Gasteiger partial charge in [0.2, 0.25) is 0 Å². The molecule has 18 heavy (non-hydrogen) atoms. The first-order valence-corrected chi connectivity index (χ1v) is 6.69. The SMILES string of the molecule is CCC(=O)OCC(=O)OC(C)C1CCC(C)(C)C1. The Morgan fingerprint density at radius 1 is 1.33 bits per heavy atom. The molecule has 0 heterocycles. The second-order valence-corrected chi connectivity index (χ2v) is 5.88. The van der Waals surface area contributed by atoms with Crippen molar-refractivity contribution in [2.24, 2.45) is 11.3 Å². The Labute approximate surface area is 109 Å². The Bertz CT molecular complexity index is 309. The lowest BCUT2D eigenvalue weighted by Gasteiger charge is -2.22. The fraction of sp³-hybridized carbons (Fsp3) is 0.857. The number of rotatable bonds is 5.